The lowest BCUT2D eigenvalue weighted by Gasteiger charge is -2.09. The molecule has 3 N–H and O–H groups in total. The predicted octanol–water partition coefficient (Wildman–Crippen LogP) is 0.359. The van der Waals surface area contributed by atoms with Gasteiger partial charge in [0.1, 0.15) is 12.4 Å². The summed E-state index contributed by atoms with van der Waals surface area (Å²) in [4.78, 5) is 22.1. The molecule has 6 heteroatoms. The summed E-state index contributed by atoms with van der Waals surface area (Å²) in [5.74, 6) is 0.448. The molecule has 1 rings (SSSR count). The highest BCUT2D eigenvalue weighted by molar-refractivity contribution is 5.88. The van der Waals surface area contributed by atoms with Crippen molar-refractivity contribution in [3.8, 4) is 5.75 Å². The summed E-state index contributed by atoms with van der Waals surface area (Å²) >= 11 is 0. The molecule has 0 spiro atoms. The van der Waals surface area contributed by atoms with E-state index in [1.165, 1.54) is 6.92 Å². The largest absolute Gasteiger partial charge is 0.492 e. The molecule has 2 amide bonds. The van der Waals surface area contributed by atoms with Gasteiger partial charge in [0.15, 0.2) is 0 Å². The smallest absolute Gasteiger partial charge is 0.234 e. The van der Waals surface area contributed by atoms with Crippen LogP contribution in [0.2, 0.25) is 0 Å². The van der Waals surface area contributed by atoms with Crippen LogP contribution in [0.4, 0.5) is 5.69 Å². The van der Waals surface area contributed by atoms with Gasteiger partial charge < -0.3 is 20.7 Å². The van der Waals surface area contributed by atoms with Gasteiger partial charge in [-0.25, -0.2) is 0 Å². The molecule has 6 nitrogen and oxygen atoms in total. The van der Waals surface area contributed by atoms with Crippen molar-refractivity contribution in [2.24, 2.45) is 0 Å². The Kier molecular flexibility index (Phi) is 6.38. The van der Waals surface area contributed by atoms with Crippen molar-refractivity contribution in [3.05, 3.63) is 24.3 Å². The van der Waals surface area contributed by atoms with Gasteiger partial charge in [-0.05, 0) is 19.2 Å². The number of carbonyl (C=O) groups excluding carboxylic acids is 2. The van der Waals surface area contributed by atoms with Crippen molar-refractivity contribution in [3.63, 3.8) is 0 Å². The van der Waals surface area contributed by atoms with Crippen LogP contribution in [0.5, 0.6) is 5.75 Å². The molecule has 104 valence electrons. The Hall–Kier alpha value is -2.08. The molecule has 0 fully saturated rings. The maximum absolute atomic E-state index is 11.2. The Balaban J connectivity index is 2.33. The van der Waals surface area contributed by atoms with Crippen LogP contribution in [-0.2, 0) is 9.59 Å². The van der Waals surface area contributed by atoms with Gasteiger partial charge in [-0.15, -0.1) is 0 Å². The molecule has 19 heavy (non-hydrogen) atoms. The summed E-state index contributed by atoms with van der Waals surface area (Å²) in [7, 11) is 1.71. The standard InChI is InChI=1S/C13H19N3O3/c1-10(17)16-11-4-3-5-12(8-11)19-7-6-15-13(18)9-14-2/h3-5,8,14H,6-7,9H2,1-2H3,(H,15,18)(H,16,17). The molecule has 0 atom stereocenters. The van der Waals surface area contributed by atoms with Gasteiger partial charge in [0.2, 0.25) is 11.8 Å². The van der Waals surface area contributed by atoms with Gasteiger partial charge in [0, 0.05) is 18.7 Å². The van der Waals surface area contributed by atoms with Crippen molar-refractivity contribution < 1.29 is 14.3 Å². The number of amides is 2. The zero-order chi connectivity index (χ0) is 14.1. The van der Waals surface area contributed by atoms with Crippen LogP contribution in [0, 0.1) is 0 Å². The minimum atomic E-state index is -0.128. The third-order valence-electron chi connectivity index (χ3n) is 2.18. The van der Waals surface area contributed by atoms with Crippen molar-refractivity contribution in [2.75, 3.05) is 32.1 Å². The lowest BCUT2D eigenvalue weighted by molar-refractivity contribution is -0.120. The van der Waals surface area contributed by atoms with Gasteiger partial charge in [-0.1, -0.05) is 6.07 Å². The van der Waals surface area contributed by atoms with E-state index >= 15 is 0 Å². The molecule has 0 aromatic heterocycles. The maximum atomic E-state index is 11.2. The number of hydrogen-bond donors (Lipinski definition) is 3. The minimum absolute atomic E-state index is 0.0712. The van der Waals surface area contributed by atoms with Gasteiger partial charge in [-0.2, -0.15) is 0 Å². The van der Waals surface area contributed by atoms with Crippen molar-refractivity contribution in [1.82, 2.24) is 10.6 Å². The van der Waals surface area contributed by atoms with E-state index in [9.17, 15) is 9.59 Å². The molecule has 0 aliphatic heterocycles. The summed E-state index contributed by atoms with van der Waals surface area (Å²) in [5.41, 5.74) is 0.684. The molecule has 0 saturated heterocycles. The average molecular weight is 265 g/mol. The molecule has 0 heterocycles. The third-order valence-corrected chi connectivity index (χ3v) is 2.18. The van der Waals surface area contributed by atoms with Crippen LogP contribution >= 0.6 is 0 Å². The van der Waals surface area contributed by atoms with E-state index in [2.05, 4.69) is 16.0 Å². The number of likely N-dealkylation sites (N-methyl/N-ethyl adjacent to an activating group) is 1. The molecule has 1 aromatic rings. The molecule has 0 saturated carbocycles. The summed E-state index contributed by atoms with van der Waals surface area (Å²) in [6.45, 7) is 2.55. The number of anilines is 1. The SMILES string of the molecule is CNCC(=O)NCCOc1cccc(NC(C)=O)c1. The summed E-state index contributed by atoms with van der Waals surface area (Å²) in [6, 6.07) is 7.10. The lowest BCUT2D eigenvalue weighted by atomic mass is 10.3. The van der Waals surface area contributed by atoms with Crippen LogP contribution in [-0.4, -0.2) is 38.6 Å². The molecule has 0 aliphatic carbocycles. The zero-order valence-corrected chi connectivity index (χ0v) is 11.2. The van der Waals surface area contributed by atoms with Crippen LogP contribution in [0.1, 0.15) is 6.92 Å². The second-order valence-electron chi connectivity index (χ2n) is 3.94. The van der Waals surface area contributed by atoms with E-state index in [0.29, 0.717) is 24.6 Å². The van der Waals surface area contributed by atoms with Gasteiger partial charge in [0.05, 0.1) is 13.1 Å². The maximum Gasteiger partial charge on any atom is 0.234 e. The number of rotatable bonds is 7. The first-order valence-corrected chi connectivity index (χ1v) is 6.03. The van der Waals surface area contributed by atoms with E-state index in [4.69, 9.17) is 4.74 Å². The van der Waals surface area contributed by atoms with Gasteiger partial charge in [0.25, 0.3) is 0 Å². The third kappa shape index (κ3) is 6.42. The first-order chi connectivity index (χ1) is 9.11. The lowest BCUT2D eigenvalue weighted by Crippen LogP contribution is -2.34. The Labute approximate surface area is 112 Å². The Bertz CT molecular complexity index is 435. The minimum Gasteiger partial charge on any atom is -0.492 e. The number of ether oxygens (including phenoxy) is 1. The molecular formula is C13H19N3O3. The van der Waals surface area contributed by atoms with Crippen LogP contribution in [0.25, 0.3) is 0 Å². The fourth-order valence-corrected chi connectivity index (χ4v) is 1.45. The van der Waals surface area contributed by atoms with Crippen molar-refractivity contribution in [2.45, 2.75) is 6.92 Å². The fraction of sp³-hybridized carbons (Fsp3) is 0.385. The highest BCUT2D eigenvalue weighted by Gasteiger charge is 2.00. The Morgan fingerprint density at radius 3 is 2.79 bits per heavy atom. The highest BCUT2D eigenvalue weighted by atomic mass is 16.5. The molecule has 1 aromatic carbocycles. The Morgan fingerprint density at radius 2 is 2.11 bits per heavy atom. The zero-order valence-electron chi connectivity index (χ0n) is 11.2. The summed E-state index contributed by atoms with van der Waals surface area (Å²) in [6.07, 6.45) is 0. The summed E-state index contributed by atoms with van der Waals surface area (Å²) in [5, 5.41) is 8.14. The van der Waals surface area contributed by atoms with Crippen LogP contribution < -0.4 is 20.7 Å². The first-order valence-electron chi connectivity index (χ1n) is 6.03. The highest BCUT2D eigenvalue weighted by Crippen LogP contribution is 2.16. The van der Waals surface area contributed by atoms with E-state index < -0.39 is 0 Å². The second-order valence-corrected chi connectivity index (χ2v) is 3.94. The molecule has 0 aliphatic rings. The van der Waals surface area contributed by atoms with E-state index in [0.717, 1.165) is 0 Å². The quantitative estimate of drug-likeness (QED) is 0.622. The number of benzene rings is 1. The topological polar surface area (TPSA) is 79.5 Å². The normalized spacial score (nSPS) is 9.79. The van der Waals surface area contributed by atoms with E-state index in [1.807, 2.05) is 0 Å². The fourth-order valence-electron chi connectivity index (χ4n) is 1.45. The molecule has 0 radical (unpaired) electrons. The van der Waals surface area contributed by atoms with Gasteiger partial charge >= 0.3 is 0 Å². The van der Waals surface area contributed by atoms with E-state index in [-0.39, 0.29) is 18.4 Å². The first kappa shape index (κ1) is 15.0. The molecule has 0 unspecified atom stereocenters. The van der Waals surface area contributed by atoms with E-state index in [1.54, 1.807) is 31.3 Å². The van der Waals surface area contributed by atoms with Crippen LogP contribution in [0.15, 0.2) is 24.3 Å². The predicted molar refractivity (Wildman–Crippen MR) is 73.2 cm³/mol. The van der Waals surface area contributed by atoms with Crippen LogP contribution in [0.3, 0.4) is 0 Å². The monoisotopic (exact) mass is 265 g/mol. The average Bonchev–Trinajstić information content (AvgIpc) is 2.35. The number of hydrogen-bond acceptors (Lipinski definition) is 4. The number of nitrogens with one attached hydrogen (secondary N) is 3. The molecule has 0 bridgehead atoms. The molecular weight excluding hydrogens is 246 g/mol. The second kappa shape index (κ2) is 8.10. The number of carbonyl (C=O) groups is 2. The van der Waals surface area contributed by atoms with Gasteiger partial charge in [-0.3, -0.25) is 9.59 Å². The van der Waals surface area contributed by atoms with Crippen molar-refractivity contribution in [1.29, 1.82) is 0 Å². The Morgan fingerprint density at radius 1 is 1.32 bits per heavy atom. The summed E-state index contributed by atoms with van der Waals surface area (Å²) < 4.78 is 5.47. The van der Waals surface area contributed by atoms with Crippen molar-refractivity contribution >= 4 is 17.5 Å².